The Labute approximate surface area is 128 Å². The van der Waals surface area contributed by atoms with Crippen LogP contribution in [0, 0.1) is 6.92 Å². The topological polar surface area (TPSA) is 78.4 Å². The highest BCUT2D eigenvalue weighted by Crippen LogP contribution is 2.18. The standard InChI is InChI=1S/C13H21N5O2S/c1-4-5-6-10-11(19)17(3)7-8-18(10)13(20)15-12-14-9(2)16-21-12/h10H,4-8H2,1-3H3,(H,14,15,16,20)/t10-/m1/s1. The SMILES string of the molecule is CCCC[C@@H]1C(=O)N(C)CCN1C(=O)Nc1nc(C)ns1. The Morgan fingerprint density at radius 1 is 1.48 bits per heavy atom. The summed E-state index contributed by atoms with van der Waals surface area (Å²) in [5.74, 6) is 0.644. The third-order valence-electron chi connectivity index (χ3n) is 3.55. The van der Waals surface area contributed by atoms with E-state index in [2.05, 4.69) is 21.6 Å². The number of nitrogens with one attached hydrogen (secondary N) is 1. The van der Waals surface area contributed by atoms with Crippen molar-refractivity contribution in [1.82, 2.24) is 19.2 Å². The highest BCUT2D eigenvalue weighted by Gasteiger charge is 2.35. The molecule has 1 aromatic rings. The van der Waals surface area contributed by atoms with Gasteiger partial charge in [0.2, 0.25) is 11.0 Å². The number of nitrogens with zero attached hydrogens (tertiary/aromatic N) is 4. The van der Waals surface area contributed by atoms with E-state index < -0.39 is 0 Å². The molecule has 21 heavy (non-hydrogen) atoms. The molecule has 0 aromatic carbocycles. The van der Waals surface area contributed by atoms with Crippen LogP contribution in [0.4, 0.5) is 9.93 Å². The van der Waals surface area contributed by atoms with Gasteiger partial charge >= 0.3 is 6.03 Å². The molecule has 0 aliphatic carbocycles. The fourth-order valence-electron chi connectivity index (χ4n) is 2.34. The number of anilines is 1. The first-order chi connectivity index (χ1) is 10.0. The van der Waals surface area contributed by atoms with Gasteiger partial charge in [-0.3, -0.25) is 10.1 Å². The first-order valence-electron chi connectivity index (χ1n) is 7.15. The number of aromatic nitrogens is 2. The zero-order valence-corrected chi connectivity index (χ0v) is 13.4. The molecule has 0 spiro atoms. The summed E-state index contributed by atoms with van der Waals surface area (Å²) in [6, 6.07) is -0.647. The van der Waals surface area contributed by atoms with Crippen LogP contribution in [0.1, 0.15) is 32.0 Å². The number of rotatable bonds is 4. The Hall–Kier alpha value is -1.70. The molecule has 1 atom stereocenters. The highest BCUT2D eigenvalue weighted by atomic mass is 32.1. The van der Waals surface area contributed by atoms with Crippen molar-refractivity contribution < 1.29 is 9.59 Å². The van der Waals surface area contributed by atoms with Crippen LogP contribution >= 0.6 is 11.5 Å². The summed E-state index contributed by atoms with van der Waals surface area (Å²) in [6.07, 6.45) is 2.62. The van der Waals surface area contributed by atoms with Gasteiger partial charge in [0.15, 0.2) is 0 Å². The van der Waals surface area contributed by atoms with Gasteiger partial charge in [-0.2, -0.15) is 4.37 Å². The Kier molecular flexibility index (Phi) is 5.11. The maximum Gasteiger partial charge on any atom is 0.324 e. The number of likely N-dealkylation sites (N-methyl/N-ethyl adjacent to an activating group) is 1. The van der Waals surface area contributed by atoms with Crippen molar-refractivity contribution in [1.29, 1.82) is 0 Å². The van der Waals surface area contributed by atoms with E-state index in [1.165, 1.54) is 0 Å². The van der Waals surface area contributed by atoms with E-state index in [-0.39, 0.29) is 18.0 Å². The van der Waals surface area contributed by atoms with E-state index in [1.807, 2.05) is 0 Å². The lowest BCUT2D eigenvalue weighted by atomic mass is 10.0. The quantitative estimate of drug-likeness (QED) is 0.918. The van der Waals surface area contributed by atoms with Gasteiger partial charge in [-0.1, -0.05) is 19.8 Å². The van der Waals surface area contributed by atoms with E-state index in [0.717, 1.165) is 24.4 Å². The molecule has 1 fully saturated rings. The van der Waals surface area contributed by atoms with Crippen LogP contribution in [-0.2, 0) is 4.79 Å². The fraction of sp³-hybridized carbons (Fsp3) is 0.692. The molecule has 7 nitrogen and oxygen atoms in total. The number of piperazine rings is 1. The highest BCUT2D eigenvalue weighted by molar-refractivity contribution is 7.09. The summed E-state index contributed by atoms with van der Waals surface area (Å²) in [6.45, 7) is 4.95. The molecule has 1 aliphatic heterocycles. The molecule has 1 aliphatic rings. The molecule has 0 radical (unpaired) electrons. The lowest BCUT2D eigenvalue weighted by molar-refractivity contribution is -0.138. The van der Waals surface area contributed by atoms with Gasteiger partial charge in [0.25, 0.3) is 0 Å². The van der Waals surface area contributed by atoms with Gasteiger partial charge in [0.05, 0.1) is 0 Å². The van der Waals surface area contributed by atoms with Gasteiger partial charge in [0.1, 0.15) is 11.9 Å². The van der Waals surface area contributed by atoms with Crippen LogP contribution < -0.4 is 5.32 Å². The lowest BCUT2D eigenvalue weighted by Gasteiger charge is -2.38. The van der Waals surface area contributed by atoms with Crippen LogP contribution in [0.5, 0.6) is 0 Å². The van der Waals surface area contributed by atoms with Gasteiger partial charge in [0, 0.05) is 31.7 Å². The third-order valence-corrected chi connectivity index (χ3v) is 4.27. The van der Waals surface area contributed by atoms with E-state index in [9.17, 15) is 9.59 Å². The molecule has 1 saturated heterocycles. The zero-order valence-electron chi connectivity index (χ0n) is 12.6. The molecule has 0 saturated carbocycles. The summed E-state index contributed by atoms with van der Waals surface area (Å²) >= 11 is 1.15. The van der Waals surface area contributed by atoms with Crippen LogP contribution in [0.25, 0.3) is 0 Å². The summed E-state index contributed by atoms with van der Waals surface area (Å²) in [4.78, 5) is 32.1. The van der Waals surface area contributed by atoms with Crippen molar-refractivity contribution >= 4 is 28.6 Å². The third kappa shape index (κ3) is 3.69. The van der Waals surface area contributed by atoms with E-state index in [1.54, 1.807) is 23.8 Å². The van der Waals surface area contributed by atoms with E-state index in [0.29, 0.717) is 30.5 Å². The normalized spacial score (nSPS) is 19.0. The zero-order chi connectivity index (χ0) is 15.4. The van der Waals surface area contributed by atoms with Gasteiger partial charge in [-0.15, -0.1) is 0 Å². The maximum absolute atomic E-state index is 12.4. The molecular formula is C13H21N5O2S. The molecule has 3 amide bonds. The van der Waals surface area contributed by atoms with Crippen LogP contribution in [-0.4, -0.2) is 57.3 Å². The van der Waals surface area contributed by atoms with Crippen molar-refractivity contribution in [2.45, 2.75) is 39.2 Å². The average Bonchev–Trinajstić information content (AvgIpc) is 2.85. The molecule has 2 heterocycles. The number of unbranched alkanes of at least 4 members (excludes halogenated alkanes) is 1. The second-order valence-corrected chi connectivity index (χ2v) is 5.94. The molecular weight excluding hydrogens is 290 g/mol. The molecule has 2 rings (SSSR count). The minimum atomic E-state index is -0.377. The first-order valence-corrected chi connectivity index (χ1v) is 7.93. The minimum Gasteiger partial charge on any atom is -0.342 e. The number of carbonyl (C=O) groups excluding carboxylic acids is 2. The van der Waals surface area contributed by atoms with Gasteiger partial charge in [-0.05, 0) is 13.3 Å². The lowest BCUT2D eigenvalue weighted by Crippen LogP contribution is -2.58. The number of hydrogen-bond donors (Lipinski definition) is 1. The predicted octanol–water partition coefficient (Wildman–Crippen LogP) is 1.71. The Bertz CT molecular complexity index is 518. The minimum absolute atomic E-state index is 0.0123. The summed E-state index contributed by atoms with van der Waals surface area (Å²) < 4.78 is 4.03. The molecule has 116 valence electrons. The summed E-state index contributed by atoms with van der Waals surface area (Å²) in [7, 11) is 1.78. The maximum atomic E-state index is 12.4. The molecule has 8 heteroatoms. The van der Waals surface area contributed by atoms with E-state index >= 15 is 0 Å². The van der Waals surface area contributed by atoms with Crippen molar-refractivity contribution in [3.63, 3.8) is 0 Å². The van der Waals surface area contributed by atoms with Crippen molar-refractivity contribution in [3.8, 4) is 0 Å². The number of amides is 3. The largest absolute Gasteiger partial charge is 0.342 e. The smallest absolute Gasteiger partial charge is 0.324 e. The monoisotopic (exact) mass is 311 g/mol. The van der Waals surface area contributed by atoms with Crippen LogP contribution in [0.3, 0.4) is 0 Å². The van der Waals surface area contributed by atoms with Crippen molar-refractivity contribution in [2.75, 3.05) is 25.5 Å². The first kappa shape index (κ1) is 15.7. The van der Waals surface area contributed by atoms with Gasteiger partial charge in [-0.25, -0.2) is 9.78 Å². The van der Waals surface area contributed by atoms with E-state index in [4.69, 9.17) is 0 Å². The van der Waals surface area contributed by atoms with Crippen molar-refractivity contribution in [3.05, 3.63) is 5.82 Å². The molecule has 0 unspecified atom stereocenters. The fourth-order valence-corrected chi connectivity index (χ4v) is 2.91. The van der Waals surface area contributed by atoms with Crippen LogP contribution in [0.2, 0.25) is 0 Å². The Morgan fingerprint density at radius 2 is 2.24 bits per heavy atom. The molecule has 1 aromatic heterocycles. The Balaban J connectivity index is 2.07. The summed E-state index contributed by atoms with van der Waals surface area (Å²) in [5.41, 5.74) is 0. The number of carbonyl (C=O) groups is 2. The van der Waals surface area contributed by atoms with Crippen molar-refractivity contribution in [2.24, 2.45) is 0 Å². The number of aryl methyl sites for hydroxylation is 1. The second-order valence-electron chi connectivity index (χ2n) is 5.19. The summed E-state index contributed by atoms with van der Waals surface area (Å²) in [5, 5.41) is 3.21. The number of hydrogen-bond acceptors (Lipinski definition) is 5. The predicted molar refractivity (Wildman–Crippen MR) is 81.3 cm³/mol. The number of urea groups is 1. The molecule has 0 bridgehead atoms. The average molecular weight is 311 g/mol. The van der Waals surface area contributed by atoms with Gasteiger partial charge < -0.3 is 9.80 Å². The second kappa shape index (κ2) is 6.84. The molecule has 1 N–H and O–H groups in total. The van der Waals surface area contributed by atoms with Crippen LogP contribution in [0.15, 0.2) is 0 Å². The Morgan fingerprint density at radius 3 is 2.86 bits per heavy atom.